The average Bonchev–Trinajstić information content (AvgIpc) is 3.02. The Labute approximate surface area is 130 Å². The van der Waals surface area contributed by atoms with Gasteiger partial charge in [-0.05, 0) is 29.7 Å². The van der Waals surface area contributed by atoms with Crippen LogP contribution in [-0.2, 0) is 0 Å². The van der Waals surface area contributed by atoms with Crippen molar-refractivity contribution in [3.63, 3.8) is 0 Å². The van der Waals surface area contributed by atoms with Crippen LogP contribution >= 0.6 is 0 Å². The van der Waals surface area contributed by atoms with Crippen molar-refractivity contribution in [2.45, 2.75) is 0 Å². The molecule has 1 amide bonds. The van der Waals surface area contributed by atoms with Crippen LogP contribution in [0.25, 0.3) is 10.8 Å². The summed E-state index contributed by atoms with van der Waals surface area (Å²) in [5, 5.41) is 4.00. The lowest BCUT2D eigenvalue weighted by atomic mass is 10.1. The summed E-state index contributed by atoms with van der Waals surface area (Å²) in [6, 6.07) is 13.9. The van der Waals surface area contributed by atoms with E-state index in [-0.39, 0.29) is 18.0 Å². The fourth-order valence-corrected chi connectivity index (χ4v) is 2.51. The monoisotopic (exact) mass is 308 g/mol. The zero-order chi connectivity index (χ0) is 15.8. The summed E-state index contributed by atoms with van der Waals surface area (Å²) in [4.78, 5) is 27.0. The van der Waals surface area contributed by atoms with Gasteiger partial charge >= 0.3 is 0 Å². The molecule has 0 atom stereocenters. The number of hydrogen-bond donors (Lipinski definition) is 2. The average molecular weight is 308 g/mol. The largest absolute Gasteiger partial charge is 0.454 e. The van der Waals surface area contributed by atoms with E-state index in [4.69, 9.17) is 9.47 Å². The number of carbonyl (C=O) groups is 1. The number of amides is 1. The molecule has 1 aliphatic heterocycles. The van der Waals surface area contributed by atoms with Crippen LogP contribution in [0.1, 0.15) is 10.5 Å². The standard InChI is InChI=1S/C17H12N2O4/c20-16-12-4-2-1-3-10(12)7-13(19-16)17(21)18-11-5-6-14-15(8-11)23-9-22-14/h1-8H,9H2,(H,18,21)(H,19,20). The number of carbonyl (C=O) groups excluding carboxylic acids is 1. The lowest BCUT2D eigenvalue weighted by Crippen LogP contribution is -2.18. The van der Waals surface area contributed by atoms with Crippen molar-refractivity contribution in [2.75, 3.05) is 12.1 Å². The molecule has 0 unspecified atom stereocenters. The maximum Gasteiger partial charge on any atom is 0.272 e. The molecule has 0 saturated heterocycles. The molecule has 6 heteroatoms. The van der Waals surface area contributed by atoms with Crippen LogP contribution in [0, 0.1) is 0 Å². The maximum absolute atomic E-state index is 12.4. The van der Waals surface area contributed by atoms with E-state index in [9.17, 15) is 9.59 Å². The molecule has 2 heterocycles. The van der Waals surface area contributed by atoms with Crippen LogP contribution in [0.4, 0.5) is 5.69 Å². The zero-order valence-electron chi connectivity index (χ0n) is 12.0. The third-order valence-corrected chi connectivity index (χ3v) is 3.63. The topological polar surface area (TPSA) is 80.4 Å². The number of benzene rings is 2. The number of ether oxygens (including phenoxy) is 2. The molecule has 0 radical (unpaired) electrons. The van der Waals surface area contributed by atoms with Gasteiger partial charge in [-0.2, -0.15) is 0 Å². The van der Waals surface area contributed by atoms with Crippen LogP contribution in [-0.4, -0.2) is 17.7 Å². The Kier molecular flexibility index (Phi) is 3.01. The van der Waals surface area contributed by atoms with Crippen molar-refractivity contribution in [3.8, 4) is 11.5 Å². The van der Waals surface area contributed by atoms with E-state index < -0.39 is 5.91 Å². The second kappa shape index (κ2) is 5.17. The van der Waals surface area contributed by atoms with E-state index in [0.717, 1.165) is 0 Å². The Morgan fingerprint density at radius 2 is 1.87 bits per heavy atom. The van der Waals surface area contributed by atoms with Crippen LogP contribution in [0.15, 0.2) is 53.3 Å². The molecule has 114 valence electrons. The maximum atomic E-state index is 12.4. The molecular weight excluding hydrogens is 296 g/mol. The zero-order valence-corrected chi connectivity index (χ0v) is 12.0. The first-order chi connectivity index (χ1) is 11.2. The number of H-pyrrole nitrogens is 1. The van der Waals surface area contributed by atoms with Gasteiger partial charge in [-0.15, -0.1) is 0 Å². The first-order valence-electron chi connectivity index (χ1n) is 7.04. The summed E-state index contributed by atoms with van der Waals surface area (Å²) in [7, 11) is 0. The summed E-state index contributed by atoms with van der Waals surface area (Å²) < 4.78 is 10.5. The van der Waals surface area contributed by atoms with Crippen molar-refractivity contribution < 1.29 is 14.3 Å². The molecular formula is C17H12N2O4. The number of nitrogens with one attached hydrogen (secondary N) is 2. The van der Waals surface area contributed by atoms with E-state index in [2.05, 4.69) is 10.3 Å². The minimum atomic E-state index is -0.397. The van der Waals surface area contributed by atoms with Gasteiger partial charge in [0.2, 0.25) is 6.79 Å². The third-order valence-electron chi connectivity index (χ3n) is 3.63. The van der Waals surface area contributed by atoms with E-state index in [1.807, 2.05) is 6.07 Å². The van der Waals surface area contributed by atoms with Gasteiger partial charge < -0.3 is 19.8 Å². The fourth-order valence-electron chi connectivity index (χ4n) is 2.51. The molecule has 6 nitrogen and oxygen atoms in total. The Bertz CT molecular complexity index is 978. The van der Waals surface area contributed by atoms with Crippen molar-refractivity contribution >= 4 is 22.4 Å². The molecule has 0 fully saturated rings. The first kappa shape index (κ1) is 13.4. The number of fused-ring (bicyclic) bond motifs is 2. The highest BCUT2D eigenvalue weighted by Gasteiger charge is 2.15. The molecule has 3 aromatic rings. The van der Waals surface area contributed by atoms with E-state index in [0.29, 0.717) is 28.0 Å². The molecule has 1 aromatic heterocycles. The highest BCUT2D eigenvalue weighted by molar-refractivity contribution is 6.04. The fraction of sp³-hybridized carbons (Fsp3) is 0.0588. The Morgan fingerprint density at radius 1 is 1.04 bits per heavy atom. The molecule has 0 spiro atoms. The normalized spacial score (nSPS) is 12.3. The minimum absolute atomic E-state index is 0.171. The molecule has 4 rings (SSSR count). The number of aromatic amines is 1. The second-order valence-electron chi connectivity index (χ2n) is 5.12. The van der Waals surface area contributed by atoms with Gasteiger partial charge in [0.05, 0.1) is 0 Å². The summed E-state index contributed by atoms with van der Waals surface area (Å²) in [6.07, 6.45) is 0. The SMILES string of the molecule is O=C(Nc1ccc2c(c1)OCO2)c1cc2ccccc2c(=O)[nH]1. The van der Waals surface area contributed by atoms with E-state index in [1.165, 1.54) is 0 Å². The van der Waals surface area contributed by atoms with Crippen molar-refractivity contribution in [1.82, 2.24) is 4.98 Å². The van der Waals surface area contributed by atoms with Crippen LogP contribution < -0.4 is 20.3 Å². The smallest absolute Gasteiger partial charge is 0.272 e. The number of aromatic nitrogens is 1. The van der Waals surface area contributed by atoms with Crippen molar-refractivity contribution in [1.29, 1.82) is 0 Å². The number of rotatable bonds is 2. The first-order valence-corrected chi connectivity index (χ1v) is 7.04. The minimum Gasteiger partial charge on any atom is -0.454 e. The summed E-state index contributed by atoms with van der Waals surface area (Å²) in [5.74, 6) is 0.823. The lowest BCUT2D eigenvalue weighted by Gasteiger charge is -2.07. The Balaban J connectivity index is 1.65. The summed E-state index contributed by atoms with van der Waals surface area (Å²) in [6.45, 7) is 0.171. The third kappa shape index (κ3) is 2.40. The highest BCUT2D eigenvalue weighted by Crippen LogP contribution is 2.34. The summed E-state index contributed by atoms with van der Waals surface area (Å²) in [5.41, 5.74) is 0.471. The summed E-state index contributed by atoms with van der Waals surface area (Å²) >= 11 is 0. The quantitative estimate of drug-likeness (QED) is 0.762. The van der Waals surface area contributed by atoms with Crippen LogP contribution in [0.3, 0.4) is 0 Å². The molecule has 1 aliphatic rings. The lowest BCUT2D eigenvalue weighted by molar-refractivity contribution is 0.102. The molecule has 0 aliphatic carbocycles. The molecule has 0 bridgehead atoms. The van der Waals surface area contributed by atoms with Crippen molar-refractivity contribution in [3.05, 3.63) is 64.6 Å². The van der Waals surface area contributed by atoms with Crippen LogP contribution in [0.2, 0.25) is 0 Å². The molecule has 23 heavy (non-hydrogen) atoms. The van der Waals surface area contributed by atoms with Gasteiger partial charge in [0.25, 0.3) is 11.5 Å². The van der Waals surface area contributed by atoms with Gasteiger partial charge in [-0.3, -0.25) is 9.59 Å². The van der Waals surface area contributed by atoms with Crippen molar-refractivity contribution in [2.24, 2.45) is 0 Å². The predicted molar refractivity (Wildman–Crippen MR) is 85.1 cm³/mol. The molecule has 2 N–H and O–H groups in total. The van der Waals surface area contributed by atoms with E-state index in [1.54, 1.807) is 42.5 Å². The van der Waals surface area contributed by atoms with Crippen LogP contribution in [0.5, 0.6) is 11.5 Å². The van der Waals surface area contributed by atoms with E-state index >= 15 is 0 Å². The van der Waals surface area contributed by atoms with Gasteiger partial charge in [0, 0.05) is 17.1 Å². The van der Waals surface area contributed by atoms with Gasteiger partial charge in [0.1, 0.15) is 5.69 Å². The number of anilines is 1. The molecule has 2 aromatic carbocycles. The van der Waals surface area contributed by atoms with Gasteiger partial charge in [-0.25, -0.2) is 0 Å². The van der Waals surface area contributed by atoms with Gasteiger partial charge in [0.15, 0.2) is 11.5 Å². The number of pyridine rings is 1. The second-order valence-corrected chi connectivity index (χ2v) is 5.12. The number of hydrogen-bond acceptors (Lipinski definition) is 4. The van der Waals surface area contributed by atoms with Gasteiger partial charge in [-0.1, -0.05) is 18.2 Å². The predicted octanol–water partition coefficient (Wildman–Crippen LogP) is 2.51. The molecule has 0 saturated carbocycles. The Morgan fingerprint density at radius 3 is 2.78 bits per heavy atom. The highest BCUT2D eigenvalue weighted by atomic mass is 16.7. The Hall–Kier alpha value is -3.28.